The molecule has 4 nitrogen and oxygen atoms in total. The molecule has 0 N–H and O–H groups in total. The first kappa shape index (κ1) is 17.6. The first-order chi connectivity index (χ1) is 9.94. The monoisotopic (exact) mass is 293 g/mol. The lowest BCUT2D eigenvalue weighted by Crippen LogP contribution is -2.39. The van der Waals surface area contributed by atoms with Gasteiger partial charge in [-0.2, -0.15) is 0 Å². The number of rotatable bonds is 10. The van der Waals surface area contributed by atoms with Crippen molar-refractivity contribution in [1.29, 1.82) is 0 Å². The van der Waals surface area contributed by atoms with Crippen LogP contribution in [-0.2, 0) is 6.54 Å². The van der Waals surface area contributed by atoms with Crippen LogP contribution in [0.5, 0.6) is 0 Å². The predicted octanol–water partition coefficient (Wildman–Crippen LogP) is 4.53. The van der Waals surface area contributed by atoms with Crippen LogP contribution < -0.4 is 0 Å². The zero-order valence-electron chi connectivity index (χ0n) is 13.7. The van der Waals surface area contributed by atoms with Gasteiger partial charge in [0, 0.05) is 17.7 Å². The van der Waals surface area contributed by atoms with Gasteiger partial charge in [-0.1, -0.05) is 32.6 Å². The van der Waals surface area contributed by atoms with Crippen LogP contribution in [0.4, 0.5) is 5.69 Å². The van der Waals surface area contributed by atoms with Crippen molar-refractivity contribution in [2.45, 2.75) is 52.0 Å². The van der Waals surface area contributed by atoms with Gasteiger partial charge in [0.1, 0.15) is 6.54 Å². The van der Waals surface area contributed by atoms with E-state index in [-0.39, 0.29) is 10.6 Å². The third-order valence-electron chi connectivity index (χ3n) is 3.87. The fraction of sp³-hybridized carbons (Fsp3) is 0.647. The van der Waals surface area contributed by atoms with E-state index in [2.05, 4.69) is 21.0 Å². The van der Waals surface area contributed by atoms with Crippen molar-refractivity contribution in [2.24, 2.45) is 0 Å². The maximum absolute atomic E-state index is 10.6. The molecule has 0 amide bonds. The minimum atomic E-state index is -0.347. The standard InChI is InChI=1S/C17H29N2O2/c1-4-5-6-7-8-9-14-19(2,3)15-16-10-12-17(13-11-16)18(20)21/h10-13H,4-9,14-15H2,1-3H3/q+1. The molecule has 0 spiro atoms. The molecule has 0 atom stereocenters. The molecular weight excluding hydrogens is 264 g/mol. The van der Waals surface area contributed by atoms with Crippen LogP contribution in [0.25, 0.3) is 0 Å². The highest BCUT2D eigenvalue weighted by Gasteiger charge is 2.16. The van der Waals surface area contributed by atoms with Crippen LogP contribution in [0.3, 0.4) is 0 Å². The lowest BCUT2D eigenvalue weighted by atomic mass is 10.1. The number of nitro groups is 1. The van der Waals surface area contributed by atoms with Crippen molar-refractivity contribution >= 4 is 5.69 Å². The SMILES string of the molecule is CCCCCCCC[N+](C)(C)Cc1ccc([N+](=O)[O-])cc1. The average molecular weight is 293 g/mol. The third kappa shape index (κ3) is 7.23. The second kappa shape index (κ2) is 8.78. The Morgan fingerprint density at radius 3 is 2.14 bits per heavy atom. The quantitative estimate of drug-likeness (QED) is 0.275. The normalized spacial score (nSPS) is 11.6. The molecule has 1 rings (SSSR count). The molecule has 0 heterocycles. The molecule has 118 valence electrons. The Bertz CT molecular complexity index is 427. The fourth-order valence-corrected chi connectivity index (χ4v) is 2.62. The summed E-state index contributed by atoms with van der Waals surface area (Å²) in [5, 5.41) is 10.6. The van der Waals surface area contributed by atoms with Crippen molar-refractivity contribution in [1.82, 2.24) is 0 Å². The van der Waals surface area contributed by atoms with Crippen molar-refractivity contribution in [3.63, 3.8) is 0 Å². The van der Waals surface area contributed by atoms with Gasteiger partial charge >= 0.3 is 0 Å². The van der Waals surface area contributed by atoms with Gasteiger partial charge in [-0.3, -0.25) is 10.1 Å². The van der Waals surface area contributed by atoms with Gasteiger partial charge in [-0.15, -0.1) is 0 Å². The number of hydrogen-bond acceptors (Lipinski definition) is 2. The molecule has 0 saturated carbocycles. The van der Waals surface area contributed by atoms with E-state index in [1.165, 1.54) is 38.5 Å². The van der Waals surface area contributed by atoms with Crippen LogP contribution in [0.2, 0.25) is 0 Å². The number of unbranched alkanes of at least 4 members (excludes halogenated alkanes) is 5. The van der Waals surface area contributed by atoms with Gasteiger partial charge in [0.2, 0.25) is 0 Å². The molecule has 0 aliphatic carbocycles. The van der Waals surface area contributed by atoms with Crippen molar-refractivity contribution in [3.8, 4) is 0 Å². The minimum absolute atomic E-state index is 0.167. The molecule has 1 aromatic rings. The summed E-state index contributed by atoms with van der Waals surface area (Å²) in [4.78, 5) is 10.3. The van der Waals surface area contributed by atoms with E-state index in [1.54, 1.807) is 12.1 Å². The third-order valence-corrected chi connectivity index (χ3v) is 3.87. The van der Waals surface area contributed by atoms with E-state index in [0.717, 1.165) is 23.1 Å². The van der Waals surface area contributed by atoms with Crippen LogP contribution >= 0.6 is 0 Å². The van der Waals surface area contributed by atoms with Crippen molar-refractivity contribution < 1.29 is 9.41 Å². The summed E-state index contributed by atoms with van der Waals surface area (Å²) in [5.74, 6) is 0. The molecule has 0 aliphatic heterocycles. The lowest BCUT2D eigenvalue weighted by molar-refractivity contribution is -0.903. The highest BCUT2D eigenvalue weighted by molar-refractivity contribution is 5.32. The molecule has 0 aromatic heterocycles. The molecule has 0 aliphatic rings. The maximum atomic E-state index is 10.6. The Hall–Kier alpha value is -1.42. The fourth-order valence-electron chi connectivity index (χ4n) is 2.62. The molecule has 21 heavy (non-hydrogen) atoms. The summed E-state index contributed by atoms with van der Waals surface area (Å²) in [7, 11) is 4.46. The maximum Gasteiger partial charge on any atom is 0.269 e. The number of benzene rings is 1. The van der Waals surface area contributed by atoms with Gasteiger partial charge < -0.3 is 4.48 Å². The summed E-state index contributed by atoms with van der Waals surface area (Å²) in [6.45, 7) is 4.32. The zero-order chi connectivity index (χ0) is 15.7. The van der Waals surface area contributed by atoms with E-state index in [9.17, 15) is 10.1 Å². The van der Waals surface area contributed by atoms with Gasteiger partial charge in [0.15, 0.2) is 0 Å². The number of non-ortho nitro benzene ring substituents is 1. The van der Waals surface area contributed by atoms with E-state index in [0.29, 0.717) is 0 Å². The summed E-state index contributed by atoms with van der Waals surface area (Å²) in [6.07, 6.45) is 7.89. The molecule has 0 fully saturated rings. The summed E-state index contributed by atoms with van der Waals surface area (Å²) >= 11 is 0. The van der Waals surface area contributed by atoms with E-state index >= 15 is 0 Å². The highest BCUT2D eigenvalue weighted by Crippen LogP contribution is 2.16. The van der Waals surface area contributed by atoms with Crippen molar-refractivity contribution in [3.05, 3.63) is 39.9 Å². The molecule has 1 aromatic carbocycles. The molecular formula is C17H29N2O2+. The van der Waals surface area contributed by atoms with Gasteiger partial charge in [0.05, 0.1) is 25.6 Å². The molecule has 4 heteroatoms. The number of hydrogen-bond donors (Lipinski definition) is 0. The largest absolute Gasteiger partial charge is 0.325 e. The van der Waals surface area contributed by atoms with Gasteiger partial charge in [0.25, 0.3) is 5.69 Å². The molecule has 0 bridgehead atoms. The first-order valence-corrected chi connectivity index (χ1v) is 8.00. The average Bonchev–Trinajstić information content (AvgIpc) is 2.43. The molecule has 0 radical (unpaired) electrons. The van der Waals surface area contributed by atoms with Gasteiger partial charge in [-0.05, 0) is 25.0 Å². The highest BCUT2D eigenvalue weighted by atomic mass is 16.6. The number of nitro benzene ring substituents is 1. The Labute approximate surface area is 128 Å². The topological polar surface area (TPSA) is 43.1 Å². The lowest BCUT2D eigenvalue weighted by Gasteiger charge is -2.30. The Morgan fingerprint density at radius 1 is 1.00 bits per heavy atom. The van der Waals surface area contributed by atoms with E-state index < -0.39 is 0 Å². The second-order valence-electron chi connectivity index (χ2n) is 6.51. The number of quaternary nitrogens is 1. The summed E-state index contributed by atoms with van der Waals surface area (Å²) in [6, 6.07) is 6.94. The molecule has 0 saturated heterocycles. The van der Waals surface area contributed by atoms with Crippen LogP contribution in [0.1, 0.15) is 51.0 Å². The van der Waals surface area contributed by atoms with Crippen LogP contribution in [0, 0.1) is 10.1 Å². The number of nitrogens with zero attached hydrogens (tertiary/aromatic N) is 2. The Kier molecular flexibility index (Phi) is 7.37. The summed E-state index contributed by atoms with van der Waals surface area (Å²) in [5.41, 5.74) is 1.33. The van der Waals surface area contributed by atoms with Crippen molar-refractivity contribution in [2.75, 3.05) is 20.6 Å². The van der Waals surface area contributed by atoms with Gasteiger partial charge in [-0.25, -0.2) is 0 Å². The van der Waals surface area contributed by atoms with Crippen LogP contribution in [-0.4, -0.2) is 30.0 Å². The summed E-state index contributed by atoms with van der Waals surface area (Å²) < 4.78 is 0.936. The van der Waals surface area contributed by atoms with E-state index in [4.69, 9.17) is 0 Å². The minimum Gasteiger partial charge on any atom is -0.325 e. The second-order valence-corrected chi connectivity index (χ2v) is 6.51. The van der Waals surface area contributed by atoms with Crippen LogP contribution in [0.15, 0.2) is 24.3 Å². The Morgan fingerprint density at radius 2 is 1.57 bits per heavy atom. The van der Waals surface area contributed by atoms with E-state index in [1.807, 2.05) is 12.1 Å². The predicted molar refractivity (Wildman–Crippen MR) is 87.2 cm³/mol. The smallest absolute Gasteiger partial charge is 0.269 e. The zero-order valence-corrected chi connectivity index (χ0v) is 13.7. The first-order valence-electron chi connectivity index (χ1n) is 8.00. The molecule has 0 unspecified atom stereocenters. The Balaban J connectivity index is 2.35.